The maximum absolute atomic E-state index is 5.17. The number of aryl methyl sites for hydroxylation is 2. The molecular formula is C9H12N4O. The molecule has 5 heteroatoms. The van der Waals surface area contributed by atoms with Gasteiger partial charge >= 0.3 is 0 Å². The van der Waals surface area contributed by atoms with Crippen LogP contribution in [0.15, 0.2) is 22.8 Å². The molecule has 1 N–H and O–H groups in total. The van der Waals surface area contributed by atoms with Crippen molar-refractivity contribution < 1.29 is 4.42 Å². The fraction of sp³-hybridized carbons (Fsp3) is 0.333. The third kappa shape index (κ3) is 1.76. The Morgan fingerprint density at radius 2 is 2.43 bits per heavy atom. The van der Waals surface area contributed by atoms with Crippen LogP contribution in [-0.2, 0) is 13.6 Å². The summed E-state index contributed by atoms with van der Waals surface area (Å²) in [5.41, 5.74) is 0. The summed E-state index contributed by atoms with van der Waals surface area (Å²) in [4.78, 5) is 4.21. The van der Waals surface area contributed by atoms with Gasteiger partial charge in [0.1, 0.15) is 11.6 Å². The van der Waals surface area contributed by atoms with E-state index in [1.807, 2.05) is 26.1 Å². The van der Waals surface area contributed by atoms with Gasteiger partial charge in [0.2, 0.25) is 5.95 Å². The van der Waals surface area contributed by atoms with Crippen LogP contribution in [0, 0.1) is 6.92 Å². The Labute approximate surface area is 81.8 Å². The minimum atomic E-state index is 0.608. The van der Waals surface area contributed by atoms with Gasteiger partial charge in [-0.1, -0.05) is 0 Å². The van der Waals surface area contributed by atoms with Crippen LogP contribution in [0.3, 0.4) is 0 Å². The van der Waals surface area contributed by atoms with Crippen LogP contribution < -0.4 is 5.32 Å². The lowest BCUT2D eigenvalue weighted by Gasteiger charge is -1.96. The number of aromatic nitrogens is 3. The summed E-state index contributed by atoms with van der Waals surface area (Å²) < 4.78 is 6.89. The molecule has 0 atom stereocenters. The fourth-order valence-electron chi connectivity index (χ4n) is 1.12. The average Bonchev–Trinajstić information content (AvgIpc) is 2.74. The number of nitrogens with zero attached hydrogens (tertiary/aromatic N) is 3. The Morgan fingerprint density at radius 1 is 1.57 bits per heavy atom. The molecule has 0 aliphatic rings. The molecular weight excluding hydrogens is 180 g/mol. The van der Waals surface area contributed by atoms with Crippen molar-refractivity contribution in [2.75, 3.05) is 5.32 Å². The van der Waals surface area contributed by atoms with Crippen LogP contribution in [0.2, 0.25) is 0 Å². The molecule has 14 heavy (non-hydrogen) atoms. The number of anilines is 1. The highest BCUT2D eigenvalue weighted by Crippen LogP contribution is 2.05. The molecule has 2 heterocycles. The first-order valence-electron chi connectivity index (χ1n) is 4.39. The first-order chi connectivity index (χ1) is 6.75. The molecule has 0 radical (unpaired) electrons. The molecule has 0 spiro atoms. The molecule has 0 saturated carbocycles. The van der Waals surface area contributed by atoms with E-state index >= 15 is 0 Å². The van der Waals surface area contributed by atoms with E-state index in [1.165, 1.54) is 0 Å². The van der Waals surface area contributed by atoms with Gasteiger partial charge in [-0.2, -0.15) is 4.98 Å². The highest BCUT2D eigenvalue weighted by molar-refractivity contribution is 5.23. The largest absolute Gasteiger partial charge is 0.467 e. The minimum absolute atomic E-state index is 0.608. The van der Waals surface area contributed by atoms with Gasteiger partial charge in [-0.25, -0.2) is 0 Å². The van der Waals surface area contributed by atoms with Crippen LogP contribution in [0.4, 0.5) is 5.95 Å². The van der Waals surface area contributed by atoms with Crippen molar-refractivity contribution in [1.82, 2.24) is 14.8 Å². The second-order valence-corrected chi connectivity index (χ2v) is 3.04. The van der Waals surface area contributed by atoms with Crippen molar-refractivity contribution in [3.05, 3.63) is 30.0 Å². The molecule has 74 valence electrons. The van der Waals surface area contributed by atoms with Crippen LogP contribution in [0.25, 0.3) is 0 Å². The van der Waals surface area contributed by atoms with E-state index in [9.17, 15) is 0 Å². The van der Waals surface area contributed by atoms with Gasteiger partial charge in [-0.3, -0.25) is 4.68 Å². The summed E-state index contributed by atoms with van der Waals surface area (Å²) in [6.45, 7) is 2.52. The molecule has 2 rings (SSSR count). The predicted molar refractivity (Wildman–Crippen MR) is 51.8 cm³/mol. The quantitative estimate of drug-likeness (QED) is 0.797. The monoisotopic (exact) mass is 192 g/mol. The molecule has 0 amide bonds. The van der Waals surface area contributed by atoms with Gasteiger partial charge < -0.3 is 9.73 Å². The van der Waals surface area contributed by atoms with Crippen molar-refractivity contribution in [2.45, 2.75) is 13.5 Å². The molecule has 0 bridgehead atoms. The Hall–Kier alpha value is -1.78. The van der Waals surface area contributed by atoms with E-state index in [0.717, 1.165) is 11.6 Å². The number of nitrogens with one attached hydrogen (secondary N) is 1. The molecule has 0 fully saturated rings. The smallest absolute Gasteiger partial charge is 0.242 e. The van der Waals surface area contributed by atoms with Crippen LogP contribution >= 0.6 is 0 Å². The first kappa shape index (κ1) is 8.80. The Balaban J connectivity index is 1.98. The number of hydrogen-bond acceptors (Lipinski definition) is 4. The predicted octanol–water partition coefficient (Wildman–Crippen LogP) is 1.33. The highest BCUT2D eigenvalue weighted by atomic mass is 16.3. The third-order valence-electron chi connectivity index (χ3n) is 1.98. The lowest BCUT2D eigenvalue weighted by molar-refractivity contribution is 0.517. The fourth-order valence-corrected chi connectivity index (χ4v) is 1.12. The second-order valence-electron chi connectivity index (χ2n) is 3.04. The van der Waals surface area contributed by atoms with Crippen molar-refractivity contribution in [2.24, 2.45) is 7.05 Å². The van der Waals surface area contributed by atoms with Gasteiger partial charge in [-0.15, -0.1) is 5.10 Å². The van der Waals surface area contributed by atoms with E-state index in [0.29, 0.717) is 12.5 Å². The molecule has 5 nitrogen and oxygen atoms in total. The lowest BCUT2D eigenvalue weighted by atomic mass is 10.4. The molecule has 0 aliphatic carbocycles. The molecule has 0 aromatic carbocycles. The summed E-state index contributed by atoms with van der Waals surface area (Å²) in [5.74, 6) is 2.38. The van der Waals surface area contributed by atoms with Crippen molar-refractivity contribution in [3.8, 4) is 0 Å². The normalized spacial score (nSPS) is 10.4. The summed E-state index contributed by atoms with van der Waals surface area (Å²) in [7, 11) is 1.86. The summed E-state index contributed by atoms with van der Waals surface area (Å²) >= 11 is 0. The zero-order valence-corrected chi connectivity index (χ0v) is 8.19. The van der Waals surface area contributed by atoms with E-state index in [2.05, 4.69) is 15.4 Å². The minimum Gasteiger partial charge on any atom is -0.467 e. The zero-order chi connectivity index (χ0) is 9.97. The number of rotatable bonds is 3. The molecule has 2 aromatic heterocycles. The zero-order valence-electron chi connectivity index (χ0n) is 8.19. The Kier molecular flexibility index (Phi) is 2.22. The summed E-state index contributed by atoms with van der Waals surface area (Å²) in [5, 5.41) is 7.23. The lowest BCUT2D eigenvalue weighted by Crippen LogP contribution is -2.00. The van der Waals surface area contributed by atoms with Crippen molar-refractivity contribution in [1.29, 1.82) is 0 Å². The molecule has 0 saturated heterocycles. The standard InChI is InChI=1S/C9H12N4O/c1-7-11-9(12-13(7)2)10-6-8-4-3-5-14-8/h3-5H,6H2,1-2H3,(H,10,12). The number of hydrogen-bond donors (Lipinski definition) is 1. The van der Waals surface area contributed by atoms with Crippen molar-refractivity contribution in [3.63, 3.8) is 0 Å². The summed E-state index contributed by atoms with van der Waals surface area (Å²) in [6.07, 6.45) is 1.65. The maximum atomic E-state index is 5.17. The van der Waals surface area contributed by atoms with E-state index < -0.39 is 0 Å². The number of furan rings is 1. The van der Waals surface area contributed by atoms with E-state index in [1.54, 1.807) is 10.9 Å². The Bertz CT molecular complexity index is 385. The van der Waals surface area contributed by atoms with E-state index in [4.69, 9.17) is 4.42 Å². The molecule has 0 unspecified atom stereocenters. The molecule has 2 aromatic rings. The average molecular weight is 192 g/mol. The maximum Gasteiger partial charge on any atom is 0.242 e. The van der Waals surface area contributed by atoms with Gasteiger partial charge in [0.05, 0.1) is 12.8 Å². The van der Waals surface area contributed by atoms with Crippen LogP contribution in [-0.4, -0.2) is 14.8 Å². The SMILES string of the molecule is Cc1nc(NCc2ccco2)nn1C. The molecule has 0 aliphatic heterocycles. The summed E-state index contributed by atoms with van der Waals surface area (Å²) in [6, 6.07) is 3.76. The van der Waals surface area contributed by atoms with Crippen LogP contribution in [0.5, 0.6) is 0 Å². The van der Waals surface area contributed by atoms with Gasteiger partial charge in [0.25, 0.3) is 0 Å². The van der Waals surface area contributed by atoms with Gasteiger partial charge in [0, 0.05) is 7.05 Å². The van der Waals surface area contributed by atoms with Crippen molar-refractivity contribution >= 4 is 5.95 Å². The van der Waals surface area contributed by atoms with Gasteiger partial charge in [-0.05, 0) is 19.1 Å². The van der Waals surface area contributed by atoms with Gasteiger partial charge in [0.15, 0.2) is 0 Å². The first-order valence-corrected chi connectivity index (χ1v) is 4.39. The van der Waals surface area contributed by atoms with Crippen LogP contribution in [0.1, 0.15) is 11.6 Å². The highest BCUT2D eigenvalue weighted by Gasteiger charge is 2.02. The second kappa shape index (κ2) is 3.53. The van der Waals surface area contributed by atoms with E-state index in [-0.39, 0.29) is 0 Å². The Morgan fingerprint density at radius 3 is 3.00 bits per heavy atom. The topological polar surface area (TPSA) is 55.9 Å². The third-order valence-corrected chi connectivity index (χ3v) is 1.98.